The second-order valence-electron chi connectivity index (χ2n) is 4.85. The molecule has 0 aliphatic carbocycles. The van der Waals surface area contributed by atoms with E-state index in [9.17, 15) is 0 Å². The molecular weight excluding hydrogens is 230 g/mol. The van der Waals surface area contributed by atoms with E-state index in [4.69, 9.17) is 5.73 Å². The van der Waals surface area contributed by atoms with Gasteiger partial charge in [0.25, 0.3) is 0 Å². The highest BCUT2D eigenvalue weighted by Crippen LogP contribution is 2.33. The number of hydrogen-bond donors (Lipinski definition) is 1. The number of nitrogens with two attached hydrogens (primary N) is 1. The zero-order valence-corrected chi connectivity index (χ0v) is 10.8. The molecule has 3 nitrogen and oxygen atoms in total. The van der Waals surface area contributed by atoms with Gasteiger partial charge in [0.05, 0.1) is 10.4 Å². The van der Waals surface area contributed by atoms with Crippen LogP contribution < -0.4 is 10.6 Å². The summed E-state index contributed by atoms with van der Waals surface area (Å²) in [5.41, 5.74) is 8.13. The Bertz CT molecular complexity index is 526. The molecule has 1 aromatic carbocycles. The van der Waals surface area contributed by atoms with Crippen molar-refractivity contribution in [1.29, 1.82) is 0 Å². The summed E-state index contributed by atoms with van der Waals surface area (Å²) in [4.78, 5) is 6.91. The first-order chi connectivity index (χ1) is 8.24. The van der Waals surface area contributed by atoms with Crippen molar-refractivity contribution in [3.63, 3.8) is 0 Å². The highest BCUT2D eigenvalue weighted by molar-refractivity contribution is 7.22. The summed E-state index contributed by atoms with van der Waals surface area (Å²) < 4.78 is 1.19. The highest BCUT2D eigenvalue weighted by Gasteiger charge is 2.18. The molecule has 1 aliphatic rings. The van der Waals surface area contributed by atoms with Gasteiger partial charge in [0.2, 0.25) is 0 Å². The van der Waals surface area contributed by atoms with E-state index in [2.05, 4.69) is 35.0 Å². The minimum Gasteiger partial charge on any atom is -0.375 e. The molecule has 2 aromatic rings. The molecule has 0 radical (unpaired) electrons. The van der Waals surface area contributed by atoms with Crippen LogP contribution in [0.4, 0.5) is 10.8 Å². The minimum atomic E-state index is 0.665. The molecule has 2 N–H and O–H groups in total. The van der Waals surface area contributed by atoms with Gasteiger partial charge in [0.1, 0.15) is 5.52 Å². The summed E-state index contributed by atoms with van der Waals surface area (Å²) in [6.45, 7) is 4.61. The van der Waals surface area contributed by atoms with Crippen molar-refractivity contribution in [2.75, 3.05) is 23.7 Å². The van der Waals surface area contributed by atoms with Crippen molar-refractivity contribution in [1.82, 2.24) is 4.98 Å². The maximum atomic E-state index is 5.80. The Morgan fingerprint density at radius 1 is 1.35 bits per heavy atom. The van der Waals surface area contributed by atoms with Gasteiger partial charge >= 0.3 is 0 Å². The van der Waals surface area contributed by atoms with Gasteiger partial charge in [0, 0.05) is 13.1 Å². The van der Waals surface area contributed by atoms with Gasteiger partial charge < -0.3 is 10.6 Å². The highest BCUT2D eigenvalue weighted by atomic mass is 32.1. The number of fused-ring (bicyclic) bond motifs is 1. The van der Waals surface area contributed by atoms with E-state index in [0.29, 0.717) is 5.13 Å². The van der Waals surface area contributed by atoms with Crippen LogP contribution in [0.25, 0.3) is 10.2 Å². The summed E-state index contributed by atoms with van der Waals surface area (Å²) >= 11 is 1.57. The fourth-order valence-electron chi connectivity index (χ4n) is 2.46. The van der Waals surface area contributed by atoms with E-state index in [1.807, 2.05) is 0 Å². The maximum absolute atomic E-state index is 5.80. The Labute approximate surface area is 105 Å². The van der Waals surface area contributed by atoms with Gasteiger partial charge in [-0.05, 0) is 30.9 Å². The van der Waals surface area contributed by atoms with Crippen LogP contribution >= 0.6 is 11.3 Å². The number of benzene rings is 1. The largest absolute Gasteiger partial charge is 0.375 e. The zero-order chi connectivity index (χ0) is 11.8. The normalized spacial score (nSPS) is 17.8. The van der Waals surface area contributed by atoms with Crippen molar-refractivity contribution in [3.05, 3.63) is 18.2 Å². The van der Waals surface area contributed by atoms with Gasteiger partial charge in [-0.3, -0.25) is 0 Å². The first kappa shape index (κ1) is 10.8. The molecule has 0 saturated carbocycles. The van der Waals surface area contributed by atoms with E-state index in [1.165, 1.54) is 23.2 Å². The molecule has 0 amide bonds. The molecule has 1 aliphatic heterocycles. The Hall–Kier alpha value is -1.29. The SMILES string of the molecule is CC1CCN(c2cccc3sc(N)nc23)CC1. The predicted molar refractivity (Wildman–Crippen MR) is 74.6 cm³/mol. The summed E-state index contributed by atoms with van der Waals surface area (Å²) in [5, 5.41) is 0.665. The number of nitrogens with zero attached hydrogens (tertiary/aromatic N) is 2. The van der Waals surface area contributed by atoms with Crippen LogP contribution in [0.5, 0.6) is 0 Å². The Morgan fingerprint density at radius 3 is 2.88 bits per heavy atom. The maximum Gasteiger partial charge on any atom is 0.181 e. The van der Waals surface area contributed by atoms with Crippen molar-refractivity contribution >= 4 is 32.4 Å². The molecule has 2 heterocycles. The quantitative estimate of drug-likeness (QED) is 0.842. The van der Waals surface area contributed by atoms with Gasteiger partial charge in [-0.1, -0.05) is 24.3 Å². The molecule has 1 aromatic heterocycles. The van der Waals surface area contributed by atoms with E-state index < -0.39 is 0 Å². The van der Waals surface area contributed by atoms with Crippen molar-refractivity contribution in [2.24, 2.45) is 5.92 Å². The smallest absolute Gasteiger partial charge is 0.181 e. The average Bonchev–Trinajstić information content (AvgIpc) is 2.70. The molecule has 0 spiro atoms. The molecule has 0 unspecified atom stereocenters. The molecule has 17 heavy (non-hydrogen) atoms. The lowest BCUT2D eigenvalue weighted by Crippen LogP contribution is -2.32. The lowest BCUT2D eigenvalue weighted by atomic mass is 9.99. The second kappa shape index (κ2) is 4.18. The summed E-state index contributed by atoms with van der Waals surface area (Å²) in [7, 11) is 0. The topological polar surface area (TPSA) is 42.1 Å². The second-order valence-corrected chi connectivity index (χ2v) is 5.91. The van der Waals surface area contributed by atoms with Crippen LogP contribution in [0.3, 0.4) is 0 Å². The molecular formula is C13H17N3S. The number of hydrogen-bond acceptors (Lipinski definition) is 4. The van der Waals surface area contributed by atoms with E-state index in [-0.39, 0.29) is 0 Å². The summed E-state index contributed by atoms with van der Waals surface area (Å²) in [6, 6.07) is 6.37. The van der Waals surface area contributed by atoms with Crippen LogP contribution in [0.15, 0.2) is 18.2 Å². The fraction of sp³-hybridized carbons (Fsp3) is 0.462. The van der Waals surface area contributed by atoms with E-state index in [1.54, 1.807) is 11.3 Å². The predicted octanol–water partition coefficient (Wildman–Crippen LogP) is 3.11. The fourth-order valence-corrected chi connectivity index (χ4v) is 3.21. The number of anilines is 2. The standard InChI is InChI=1S/C13H17N3S/c1-9-5-7-16(8-6-9)10-3-2-4-11-12(10)15-13(14)17-11/h2-4,9H,5-8H2,1H3,(H2,14,15). The molecule has 4 heteroatoms. The minimum absolute atomic E-state index is 0.665. The first-order valence-corrected chi connectivity index (χ1v) is 6.95. The lowest BCUT2D eigenvalue weighted by Gasteiger charge is -2.32. The third-order valence-electron chi connectivity index (χ3n) is 3.54. The monoisotopic (exact) mass is 247 g/mol. The number of piperidine rings is 1. The number of aromatic nitrogens is 1. The number of nitrogen functional groups attached to an aromatic ring is 1. The first-order valence-electron chi connectivity index (χ1n) is 6.14. The van der Waals surface area contributed by atoms with Gasteiger partial charge in [-0.15, -0.1) is 0 Å². The van der Waals surface area contributed by atoms with Crippen LogP contribution in [-0.2, 0) is 0 Å². The van der Waals surface area contributed by atoms with E-state index in [0.717, 1.165) is 24.5 Å². The molecule has 1 fully saturated rings. The summed E-state index contributed by atoms with van der Waals surface area (Å²) in [5.74, 6) is 0.853. The molecule has 0 bridgehead atoms. The van der Waals surface area contributed by atoms with Crippen LogP contribution in [0.2, 0.25) is 0 Å². The van der Waals surface area contributed by atoms with Gasteiger partial charge in [-0.2, -0.15) is 0 Å². The molecule has 1 saturated heterocycles. The average molecular weight is 247 g/mol. The van der Waals surface area contributed by atoms with Gasteiger partial charge in [0.15, 0.2) is 5.13 Å². The Morgan fingerprint density at radius 2 is 2.12 bits per heavy atom. The van der Waals surface area contributed by atoms with E-state index >= 15 is 0 Å². The number of rotatable bonds is 1. The molecule has 90 valence electrons. The zero-order valence-electron chi connectivity index (χ0n) is 10.0. The van der Waals surface area contributed by atoms with Crippen molar-refractivity contribution in [3.8, 4) is 0 Å². The Balaban J connectivity index is 1.99. The number of thiazole rings is 1. The molecule has 3 rings (SSSR count). The van der Waals surface area contributed by atoms with Gasteiger partial charge in [-0.25, -0.2) is 4.98 Å². The summed E-state index contributed by atoms with van der Waals surface area (Å²) in [6.07, 6.45) is 2.55. The number of para-hydroxylation sites is 1. The third-order valence-corrected chi connectivity index (χ3v) is 4.39. The third kappa shape index (κ3) is 1.97. The van der Waals surface area contributed by atoms with Crippen molar-refractivity contribution < 1.29 is 0 Å². The van der Waals surface area contributed by atoms with Crippen molar-refractivity contribution in [2.45, 2.75) is 19.8 Å². The Kier molecular flexibility index (Phi) is 2.67. The van der Waals surface area contributed by atoms with Crippen LogP contribution in [-0.4, -0.2) is 18.1 Å². The molecule has 0 atom stereocenters. The van der Waals surface area contributed by atoms with Crippen LogP contribution in [0, 0.1) is 5.92 Å². The lowest BCUT2D eigenvalue weighted by molar-refractivity contribution is 0.439. The van der Waals surface area contributed by atoms with Crippen LogP contribution in [0.1, 0.15) is 19.8 Å².